The van der Waals surface area contributed by atoms with Crippen LogP contribution in [0.25, 0.3) is 10.8 Å². The van der Waals surface area contributed by atoms with E-state index in [9.17, 15) is 0 Å². The molecule has 1 aliphatic rings. The molecule has 1 unspecified atom stereocenters. The van der Waals surface area contributed by atoms with E-state index in [-0.39, 0.29) is 6.10 Å². The van der Waals surface area contributed by atoms with Gasteiger partial charge >= 0.3 is 0 Å². The van der Waals surface area contributed by atoms with E-state index in [1.807, 2.05) is 12.1 Å². The van der Waals surface area contributed by atoms with Gasteiger partial charge in [-0.2, -0.15) is 0 Å². The quantitative estimate of drug-likeness (QED) is 0.653. The Balaban J connectivity index is 1.39. The first-order valence-corrected chi connectivity index (χ1v) is 10.0. The van der Waals surface area contributed by atoms with Gasteiger partial charge in [0.2, 0.25) is 0 Å². The fourth-order valence-corrected chi connectivity index (χ4v) is 4.11. The van der Waals surface area contributed by atoms with Crippen molar-refractivity contribution in [1.29, 1.82) is 0 Å². The molecule has 6 nitrogen and oxygen atoms in total. The van der Waals surface area contributed by atoms with Gasteiger partial charge in [0.25, 0.3) is 0 Å². The fraction of sp³-hybridized carbons (Fsp3) is 0.350. The van der Waals surface area contributed by atoms with Gasteiger partial charge in [0, 0.05) is 37.4 Å². The van der Waals surface area contributed by atoms with E-state index >= 15 is 0 Å². The minimum absolute atomic E-state index is 0.139. The summed E-state index contributed by atoms with van der Waals surface area (Å²) in [7, 11) is 2.11. The third-order valence-electron chi connectivity index (χ3n) is 4.56. The van der Waals surface area contributed by atoms with E-state index in [0.717, 1.165) is 42.6 Å². The number of thiazole rings is 1. The maximum Gasteiger partial charge on any atom is 0.188 e. The summed E-state index contributed by atoms with van der Waals surface area (Å²) >= 11 is 1.58. The first kappa shape index (κ1) is 17.9. The van der Waals surface area contributed by atoms with Crippen LogP contribution < -0.4 is 9.64 Å². The summed E-state index contributed by atoms with van der Waals surface area (Å²) in [5.41, 5.74) is 2.22. The minimum atomic E-state index is 0.139. The third kappa shape index (κ3) is 4.09. The lowest BCUT2D eigenvalue weighted by Crippen LogP contribution is -2.45. The number of hydrogen-bond acceptors (Lipinski definition) is 7. The van der Waals surface area contributed by atoms with Crippen LogP contribution in [-0.2, 0) is 6.54 Å². The number of fused-ring (bicyclic) bond motifs is 1. The monoisotopic (exact) mass is 381 g/mol. The lowest BCUT2D eigenvalue weighted by molar-refractivity contribution is 0.139. The van der Waals surface area contributed by atoms with E-state index in [2.05, 4.69) is 62.3 Å². The summed E-state index contributed by atoms with van der Waals surface area (Å²) in [4.78, 5) is 17.9. The van der Waals surface area contributed by atoms with Gasteiger partial charge in [-0.3, -0.25) is 4.90 Å². The fourth-order valence-electron chi connectivity index (χ4n) is 3.35. The molecule has 27 heavy (non-hydrogen) atoms. The molecular weight excluding hydrogens is 358 g/mol. The number of rotatable bonds is 6. The van der Waals surface area contributed by atoms with Crippen molar-refractivity contribution in [3.63, 3.8) is 0 Å². The topological polar surface area (TPSA) is 54.4 Å². The Hall–Kier alpha value is -2.51. The molecule has 3 aromatic rings. The van der Waals surface area contributed by atoms with Crippen LogP contribution in [0.4, 0.5) is 5.69 Å². The van der Waals surface area contributed by atoms with Crippen molar-refractivity contribution < 1.29 is 4.74 Å². The zero-order chi connectivity index (χ0) is 18.6. The SMILES string of the molecule is CCN1CC(CN(C)Cc2csc(-c3ncccn3)n2)Oc2ccccc21. The molecule has 7 heteroatoms. The molecule has 3 heterocycles. The summed E-state index contributed by atoms with van der Waals surface area (Å²) in [5, 5.41) is 2.94. The van der Waals surface area contributed by atoms with Crippen molar-refractivity contribution in [1.82, 2.24) is 19.9 Å². The molecule has 0 saturated heterocycles. The number of nitrogens with zero attached hydrogens (tertiary/aromatic N) is 5. The summed E-state index contributed by atoms with van der Waals surface area (Å²) in [6.45, 7) is 5.69. The normalized spacial score (nSPS) is 16.3. The van der Waals surface area contributed by atoms with Gasteiger partial charge in [-0.25, -0.2) is 15.0 Å². The highest BCUT2D eigenvalue weighted by atomic mass is 32.1. The van der Waals surface area contributed by atoms with Crippen LogP contribution in [0.2, 0.25) is 0 Å². The average molecular weight is 382 g/mol. The summed E-state index contributed by atoms with van der Waals surface area (Å²) < 4.78 is 6.23. The van der Waals surface area contributed by atoms with Gasteiger partial charge in [-0.1, -0.05) is 12.1 Å². The largest absolute Gasteiger partial charge is 0.485 e. The first-order chi connectivity index (χ1) is 13.2. The predicted molar refractivity (Wildman–Crippen MR) is 108 cm³/mol. The Morgan fingerprint density at radius 2 is 2.04 bits per heavy atom. The number of hydrogen-bond donors (Lipinski definition) is 0. The maximum atomic E-state index is 6.23. The zero-order valence-electron chi connectivity index (χ0n) is 15.6. The van der Waals surface area contributed by atoms with Gasteiger partial charge in [-0.15, -0.1) is 11.3 Å². The van der Waals surface area contributed by atoms with Crippen molar-refractivity contribution >= 4 is 17.0 Å². The molecule has 0 N–H and O–H groups in total. The molecule has 0 aliphatic carbocycles. The second-order valence-electron chi connectivity index (χ2n) is 6.66. The summed E-state index contributed by atoms with van der Waals surface area (Å²) in [5.74, 6) is 1.66. The van der Waals surface area contributed by atoms with Crippen LogP contribution in [-0.4, -0.2) is 52.6 Å². The van der Waals surface area contributed by atoms with Crippen molar-refractivity contribution in [2.75, 3.05) is 31.6 Å². The molecule has 140 valence electrons. The Labute approximate surface area is 163 Å². The van der Waals surface area contributed by atoms with Gasteiger partial charge in [0.05, 0.1) is 17.9 Å². The lowest BCUT2D eigenvalue weighted by atomic mass is 10.2. The molecule has 0 spiro atoms. The molecule has 1 aliphatic heterocycles. The minimum Gasteiger partial charge on any atom is -0.485 e. The van der Waals surface area contributed by atoms with Crippen molar-refractivity contribution in [2.45, 2.75) is 19.6 Å². The number of ether oxygens (including phenoxy) is 1. The molecule has 0 bridgehead atoms. The van der Waals surface area contributed by atoms with E-state index in [4.69, 9.17) is 4.74 Å². The second-order valence-corrected chi connectivity index (χ2v) is 7.52. The van der Waals surface area contributed by atoms with Crippen LogP contribution >= 0.6 is 11.3 Å². The Morgan fingerprint density at radius 3 is 2.85 bits per heavy atom. The highest BCUT2D eigenvalue weighted by Gasteiger charge is 2.25. The smallest absolute Gasteiger partial charge is 0.188 e. The molecule has 4 rings (SSSR count). The van der Waals surface area contributed by atoms with Gasteiger partial charge in [0.1, 0.15) is 11.9 Å². The summed E-state index contributed by atoms with van der Waals surface area (Å²) in [6.07, 6.45) is 3.63. The Morgan fingerprint density at radius 1 is 1.22 bits per heavy atom. The predicted octanol–water partition coefficient (Wildman–Crippen LogP) is 3.32. The molecule has 1 atom stereocenters. The number of aromatic nitrogens is 3. The molecule has 0 amide bonds. The van der Waals surface area contributed by atoms with Crippen molar-refractivity contribution in [2.24, 2.45) is 0 Å². The molecule has 0 saturated carbocycles. The Bertz CT molecular complexity index is 885. The first-order valence-electron chi connectivity index (χ1n) is 9.14. The van der Waals surface area contributed by atoms with Gasteiger partial charge in [0.15, 0.2) is 10.8 Å². The van der Waals surface area contributed by atoms with E-state index in [1.54, 1.807) is 23.7 Å². The molecule has 2 aromatic heterocycles. The molecule has 1 aromatic carbocycles. The maximum absolute atomic E-state index is 6.23. The molecular formula is C20H23N5OS. The second kappa shape index (κ2) is 8.02. The average Bonchev–Trinajstić information content (AvgIpc) is 3.16. The van der Waals surface area contributed by atoms with Crippen LogP contribution in [0.5, 0.6) is 5.75 Å². The van der Waals surface area contributed by atoms with Crippen LogP contribution in [0.3, 0.4) is 0 Å². The Kier molecular flexibility index (Phi) is 5.31. The number of likely N-dealkylation sites (N-methyl/N-ethyl adjacent to an activating group) is 2. The van der Waals surface area contributed by atoms with E-state index in [0.29, 0.717) is 5.82 Å². The number of benzene rings is 1. The van der Waals surface area contributed by atoms with Crippen molar-refractivity contribution in [3.8, 4) is 16.6 Å². The molecule has 0 radical (unpaired) electrons. The van der Waals surface area contributed by atoms with Crippen LogP contribution in [0.1, 0.15) is 12.6 Å². The highest BCUT2D eigenvalue weighted by molar-refractivity contribution is 7.13. The highest BCUT2D eigenvalue weighted by Crippen LogP contribution is 2.33. The van der Waals surface area contributed by atoms with Crippen LogP contribution in [0, 0.1) is 0 Å². The van der Waals surface area contributed by atoms with E-state index < -0.39 is 0 Å². The third-order valence-corrected chi connectivity index (χ3v) is 5.45. The standard InChI is InChI=1S/C20H23N5OS/c1-3-25-13-16(26-18-8-5-4-7-17(18)25)12-24(2)11-15-14-27-20(23-15)19-21-9-6-10-22-19/h4-10,14,16H,3,11-13H2,1-2H3. The van der Waals surface area contributed by atoms with Gasteiger partial charge < -0.3 is 9.64 Å². The number of anilines is 1. The van der Waals surface area contributed by atoms with Crippen molar-refractivity contribution in [3.05, 3.63) is 53.8 Å². The molecule has 0 fully saturated rings. The summed E-state index contributed by atoms with van der Waals surface area (Å²) in [6, 6.07) is 10.1. The van der Waals surface area contributed by atoms with Crippen LogP contribution in [0.15, 0.2) is 48.1 Å². The van der Waals surface area contributed by atoms with Gasteiger partial charge in [-0.05, 0) is 32.2 Å². The zero-order valence-corrected chi connectivity index (χ0v) is 16.4. The van der Waals surface area contributed by atoms with E-state index in [1.165, 1.54) is 5.69 Å². The number of para-hydroxylation sites is 2. The lowest BCUT2D eigenvalue weighted by Gasteiger charge is -2.37.